The zero-order chi connectivity index (χ0) is 12.3. The fourth-order valence-corrected chi connectivity index (χ4v) is 1.41. The second-order valence-electron chi connectivity index (χ2n) is 3.40. The third-order valence-electron chi connectivity index (χ3n) is 2.05. The largest absolute Gasteiger partial charge is 0.416 e. The van der Waals surface area contributed by atoms with Crippen molar-refractivity contribution < 1.29 is 18.3 Å². The Balaban J connectivity index is 2.58. The van der Waals surface area contributed by atoms with E-state index in [4.69, 9.17) is 5.11 Å². The monoisotopic (exact) mass is 297 g/mol. The molecule has 0 aliphatic carbocycles. The molecule has 0 amide bonds. The van der Waals surface area contributed by atoms with E-state index in [-0.39, 0.29) is 0 Å². The molecule has 6 heteroatoms. The van der Waals surface area contributed by atoms with Crippen molar-refractivity contribution >= 4 is 21.6 Å². The molecule has 1 aromatic rings. The van der Waals surface area contributed by atoms with Gasteiger partial charge in [-0.15, -0.1) is 0 Å². The van der Waals surface area contributed by atoms with Crippen molar-refractivity contribution in [1.82, 2.24) is 0 Å². The first kappa shape index (κ1) is 13.3. The van der Waals surface area contributed by atoms with Crippen LogP contribution in [0.25, 0.3) is 0 Å². The molecule has 0 aliphatic heterocycles. The molecule has 0 heterocycles. The Morgan fingerprint density at radius 1 is 1.44 bits per heavy atom. The van der Waals surface area contributed by atoms with E-state index in [1.807, 2.05) is 6.92 Å². The lowest BCUT2D eigenvalue weighted by molar-refractivity contribution is -0.198. The lowest BCUT2D eigenvalue weighted by Crippen LogP contribution is -2.34. The van der Waals surface area contributed by atoms with Crippen molar-refractivity contribution in [2.45, 2.75) is 19.2 Å². The van der Waals surface area contributed by atoms with Crippen LogP contribution in [0, 0.1) is 6.92 Å². The third kappa shape index (κ3) is 3.68. The van der Waals surface area contributed by atoms with Gasteiger partial charge >= 0.3 is 6.18 Å². The molecule has 1 rings (SSSR count). The average Bonchev–Trinajstić information content (AvgIpc) is 2.18. The standard InChI is InChI=1S/C10H11BrF3NO/c1-6-2-3-7(4-8(6)11)15-5-9(16)10(12,13)14/h2-4,9,15-16H,5H2,1H3. The fourth-order valence-electron chi connectivity index (χ4n) is 1.03. The van der Waals surface area contributed by atoms with Crippen LogP contribution in [0.4, 0.5) is 18.9 Å². The highest BCUT2D eigenvalue weighted by molar-refractivity contribution is 9.10. The van der Waals surface area contributed by atoms with E-state index in [9.17, 15) is 13.2 Å². The molecule has 2 N–H and O–H groups in total. The fraction of sp³-hybridized carbons (Fsp3) is 0.400. The van der Waals surface area contributed by atoms with E-state index in [0.717, 1.165) is 10.0 Å². The van der Waals surface area contributed by atoms with Gasteiger partial charge in [0.25, 0.3) is 0 Å². The quantitative estimate of drug-likeness (QED) is 0.899. The molecule has 0 aliphatic rings. The number of benzene rings is 1. The van der Waals surface area contributed by atoms with Crippen LogP contribution in [-0.2, 0) is 0 Å². The van der Waals surface area contributed by atoms with Gasteiger partial charge in [-0.3, -0.25) is 0 Å². The summed E-state index contributed by atoms with van der Waals surface area (Å²) in [6.45, 7) is 1.32. The predicted octanol–water partition coefficient (Wildman–Crippen LogP) is 3.09. The van der Waals surface area contributed by atoms with Crippen molar-refractivity contribution in [3.63, 3.8) is 0 Å². The second kappa shape index (κ2) is 5.05. The lowest BCUT2D eigenvalue weighted by atomic mass is 10.2. The van der Waals surface area contributed by atoms with Crippen LogP contribution in [-0.4, -0.2) is 23.9 Å². The van der Waals surface area contributed by atoms with Gasteiger partial charge in [0.05, 0.1) is 0 Å². The van der Waals surface area contributed by atoms with Crippen molar-refractivity contribution in [3.8, 4) is 0 Å². The summed E-state index contributed by atoms with van der Waals surface area (Å²) in [5, 5.41) is 11.3. The highest BCUT2D eigenvalue weighted by atomic mass is 79.9. The van der Waals surface area contributed by atoms with Crippen molar-refractivity contribution in [1.29, 1.82) is 0 Å². The number of anilines is 1. The number of aryl methyl sites for hydroxylation is 1. The molecule has 2 nitrogen and oxygen atoms in total. The molecule has 90 valence electrons. The summed E-state index contributed by atoms with van der Waals surface area (Å²) in [7, 11) is 0. The molecule has 0 bridgehead atoms. The molecule has 0 spiro atoms. The average molecular weight is 298 g/mol. The molecular weight excluding hydrogens is 287 g/mol. The van der Waals surface area contributed by atoms with Gasteiger partial charge in [-0.25, -0.2) is 0 Å². The maximum Gasteiger partial charge on any atom is 0.416 e. The van der Waals surface area contributed by atoms with Crippen LogP contribution in [0.3, 0.4) is 0 Å². The Morgan fingerprint density at radius 2 is 2.06 bits per heavy atom. The zero-order valence-corrected chi connectivity index (χ0v) is 10.1. The van der Waals surface area contributed by atoms with Gasteiger partial charge in [0.15, 0.2) is 6.10 Å². The normalized spacial score (nSPS) is 13.6. The second-order valence-corrected chi connectivity index (χ2v) is 4.26. The van der Waals surface area contributed by atoms with Gasteiger partial charge < -0.3 is 10.4 Å². The van der Waals surface area contributed by atoms with Gasteiger partial charge in [0.1, 0.15) is 0 Å². The Kier molecular flexibility index (Phi) is 4.21. The van der Waals surface area contributed by atoms with Crippen LogP contribution >= 0.6 is 15.9 Å². The number of aliphatic hydroxyl groups excluding tert-OH is 1. The molecule has 0 saturated heterocycles. The Bertz CT molecular complexity index is 368. The maximum atomic E-state index is 12.0. The van der Waals surface area contributed by atoms with Crippen LogP contribution in [0.15, 0.2) is 22.7 Å². The number of alkyl halides is 3. The molecule has 0 aromatic heterocycles. The predicted molar refractivity (Wildman–Crippen MR) is 59.4 cm³/mol. The molecule has 1 atom stereocenters. The molecule has 0 saturated carbocycles. The maximum absolute atomic E-state index is 12.0. The number of halogens is 4. The number of rotatable bonds is 3. The number of hydrogen-bond acceptors (Lipinski definition) is 2. The molecule has 1 aromatic carbocycles. The van der Waals surface area contributed by atoms with Crippen molar-refractivity contribution in [2.75, 3.05) is 11.9 Å². The topological polar surface area (TPSA) is 32.3 Å². The smallest absolute Gasteiger partial charge is 0.382 e. The Morgan fingerprint density at radius 3 is 2.56 bits per heavy atom. The van der Waals surface area contributed by atoms with Crippen LogP contribution in [0.5, 0.6) is 0 Å². The third-order valence-corrected chi connectivity index (χ3v) is 2.90. The van der Waals surface area contributed by atoms with Crippen LogP contribution in [0.1, 0.15) is 5.56 Å². The molecular formula is C10H11BrF3NO. The Hall–Kier alpha value is -0.750. The minimum absolute atomic E-state index is 0.528. The Labute approximate surface area is 99.6 Å². The summed E-state index contributed by atoms with van der Waals surface area (Å²) in [6.07, 6.45) is -6.94. The highest BCUT2D eigenvalue weighted by Gasteiger charge is 2.37. The lowest BCUT2D eigenvalue weighted by Gasteiger charge is -2.16. The van der Waals surface area contributed by atoms with Crippen LogP contribution < -0.4 is 5.32 Å². The first-order valence-electron chi connectivity index (χ1n) is 4.55. The van der Waals surface area contributed by atoms with Gasteiger partial charge in [-0.2, -0.15) is 13.2 Å². The van der Waals surface area contributed by atoms with E-state index in [1.54, 1.807) is 18.2 Å². The molecule has 1 unspecified atom stereocenters. The van der Waals surface area contributed by atoms with Gasteiger partial charge in [-0.1, -0.05) is 22.0 Å². The molecule has 0 fully saturated rings. The number of nitrogens with one attached hydrogen (secondary N) is 1. The van der Waals surface area contributed by atoms with Crippen molar-refractivity contribution in [2.24, 2.45) is 0 Å². The van der Waals surface area contributed by atoms with E-state index in [1.165, 1.54) is 0 Å². The summed E-state index contributed by atoms with van der Waals surface area (Å²) in [4.78, 5) is 0. The van der Waals surface area contributed by atoms with E-state index >= 15 is 0 Å². The number of hydrogen-bond donors (Lipinski definition) is 2. The highest BCUT2D eigenvalue weighted by Crippen LogP contribution is 2.23. The SMILES string of the molecule is Cc1ccc(NCC(O)C(F)(F)F)cc1Br. The van der Waals surface area contributed by atoms with E-state index in [0.29, 0.717) is 5.69 Å². The minimum Gasteiger partial charge on any atom is -0.382 e. The first-order chi connectivity index (χ1) is 7.30. The van der Waals surface area contributed by atoms with Gasteiger partial charge in [0.2, 0.25) is 0 Å². The van der Waals surface area contributed by atoms with Gasteiger partial charge in [0, 0.05) is 16.7 Å². The van der Waals surface area contributed by atoms with Crippen molar-refractivity contribution in [3.05, 3.63) is 28.2 Å². The van der Waals surface area contributed by atoms with E-state index in [2.05, 4.69) is 21.2 Å². The van der Waals surface area contributed by atoms with Crippen LogP contribution in [0.2, 0.25) is 0 Å². The summed E-state index contributed by atoms with van der Waals surface area (Å²) in [5.74, 6) is 0. The first-order valence-corrected chi connectivity index (χ1v) is 5.35. The number of aliphatic hydroxyl groups is 1. The summed E-state index contributed by atoms with van der Waals surface area (Å²) < 4.78 is 36.8. The minimum atomic E-state index is -4.59. The zero-order valence-electron chi connectivity index (χ0n) is 8.48. The summed E-state index contributed by atoms with van der Waals surface area (Å²) in [6, 6.07) is 5.09. The molecule has 0 radical (unpaired) electrons. The molecule has 16 heavy (non-hydrogen) atoms. The van der Waals surface area contributed by atoms with E-state index < -0.39 is 18.8 Å². The summed E-state index contributed by atoms with van der Waals surface area (Å²) >= 11 is 3.27. The van der Waals surface area contributed by atoms with Gasteiger partial charge in [-0.05, 0) is 24.6 Å². The summed E-state index contributed by atoms with van der Waals surface area (Å²) in [5.41, 5.74) is 1.52.